The number of carbonyl (C=O) groups excluding carboxylic acids is 3. The lowest BCUT2D eigenvalue weighted by molar-refractivity contribution is -0.0304. The van der Waals surface area contributed by atoms with Crippen LogP contribution in [0.3, 0.4) is 0 Å². The Hall–Kier alpha value is -4.71. The largest absolute Gasteiger partial charge is 0.511 e. The zero-order valence-electron chi connectivity index (χ0n) is 25.1. The Morgan fingerprint density at radius 1 is 1.02 bits per heavy atom. The van der Waals surface area contributed by atoms with E-state index in [0.717, 1.165) is 18.9 Å². The van der Waals surface area contributed by atoms with Crippen molar-refractivity contribution in [2.45, 2.75) is 58.1 Å². The normalized spacial score (nSPS) is 15.0. The molecule has 1 aromatic heterocycles. The van der Waals surface area contributed by atoms with Crippen LogP contribution in [0.4, 0.5) is 19.7 Å². The third-order valence-electron chi connectivity index (χ3n) is 7.15. The van der Waals surface area contributed by atoms with Crippen molar-refractivity contribution in [1.82, 2.24) is 9.47 Å². The van der Waals surface area contributed by atoms with Gasteiger partial charge in [0.2, 0.25) is 12.2 Å². The first kappa shape index (κ1) is 32.2. The molecule has 1 aliphatic heterocycles. The van der Waals surface area contributed by atoms with Gasteiger partial charge < -0.3 is 33.3 Å². The number of carbonyl (C=O) groups is 3. The summed E-state index contributed by atoms with van der Waals surface area (Å²) in [6, 6.07) is 2.76. The van der Waals surface area contributed by atoms with E-state index in [1.807, 2.05) is 4.90 Å². The molecule has 1 amide bonds. The second kappa shape index (κ2) is 13.7. The minimum Gasteiger partial charge on any atom is -0.444 e. The fourth-order valence-electron chi connectivity index (χ4n) is 4.82. The Balaban J connectivity index is 1.45. The molecule has 234 valence electrons. The zero-order valence-corrected chi connectivity index (χ0v) is 25.1. The summed E-state index contributed by atoms with van der Waals surface area (Å²) < 4.78 is 37.4. The minimum absolute atomic E-state index is 0.0217. The van der Waals surface area contributed by atoms with Gasteiger partial charge in [0.15, 0.2) is 0 Å². The van der Waals surface area contributed by atoms with Crippen molar-refractivity contribution >= 4 is 34.8 Å². The monoisotopic (exact) mass is 609 g/mol. The maximum Gasteiger partial charge on any atom is 0.511 e. The first-order valence-corrected chi connectivity index (χ1v) is 14.4. The van der Waals surface area contributed by atoms with Gasteiger partial charge in [-0.15, -0.1) is 24.7 Å². The number of nitrogens with zero attached hydrogens (tertiary/aromatic N) is 3. The molecule has 0 unspecified atom stereocenters. The highest BCUT2D eigenvalue weighted by molar-refractivity contribution is 5.94. The highest BCUT2D eigenvalue weighted by Gasteiger charge is 2.30. The van der Waals surface area contributed by atoms with Gasteiger partial charge in [0.25, 0.3) is 0 Å². The standard InChI is InChI=1S/C32H36FN3O8/c1-6-8-21(9-7-2)19-41-31(40)43-20-42-29(38)24-18-36(22-10-11-22)26-17-27(25(33)16-23(26)28(24)37)34-12-14-35(15-13-34)30(39)44-32(3,4)5/h1-2,16-18,21-22H,8-15,19-20H2,3-5H3. The highest BCUT2D eigenvalue weighted by atomic mass is 19.1. The summed E-state index contributed by atoms with van der Waals surface area (Å²) in [5.74, 6) is 3.01. The van der Waals surface area contributed by atoms with Crippen LogP contribution in [0.15, 0.2) is 23.1 Å². The van der Waals surface area contributed by atoms with Gasteiger partial charge in [-0.1, -0.05) is 0 Å². The van der Waals surface area contributed by atoms with Gasteiger partial charge in [-0.2, -0.15) is 0 Å². The molecule has 2 aromatic rings. The number of anilines is 1. The number of rotatable bonds is 9. The first-order valence-electron chi connectivity index (χ1n) is 14.4. The average molecular weight is 610 g/mol. The molecule has 4 rings (SSSR count). The Morgan fingerprint density at radius 3 is 2.27 bits per heavy atom. The maximum absolute atomic E-state index is 15.5. The Kier molecular flexibility index (Phi) is 10.0. The van der Waals surface area contributed by atoms with Crippen LogP contribution in [0.25, 0.3) is 10.9 Å². The van der Waals surface area contributed by atoms with Crippen LogP contribution in [0.1, 0.15) is 62.9 Å². The molecule has 0 spiro atoms. The predicted molar refractivity (Wildman–Crippen MR) is 160 cm³/mol. The predicted octanol–water partition coefficient (Wildman–Crippen LogP) is 4.46. The van der Waals surface area contributed by atoms with Crippen molar-refractivity contribution in [2.24, 2.45) is 5.92 Å². The van der Waals surface area contributed by atoms with Crippen LogP contribution in [-0.2, 0) is 18.9 Å². The molecule has 11 nitrogen and oxygen atoms in total. The highest BCUT2D eigenvalue weighted by Crippen LogP contribution is 2.38. The van der Waals surface area contributed by atoms with Gasteiger partial charge in [-0.25, -0.2) is 18.8 Å². The molecule has 0 atom stereocenters. The summed E-state index contributed by atoms with van der Waals surface area (Å²) in [5, 5.41) is 0.0217. The van der Waals surface area contributed by atoms with Crippen LogP contribution in [0.2, 0.25) is 0 Å². The number of ether oxygens (including phenoxy) is 4. The second-order valence-corrected chi connectivity index (χ2v) is 11.7. The van der Waals surface area contributed by atoms with Crippen LogP contribution in [0, 0.1) is 36.4 Å². The van der Waals surface area contributed by atoms with Gasteiger partial charge in [0.1, 0.15) is 17.0 Å². The first-order chi connectivity index (χ1) is 20.9. The molecule has 1 aromatic carbocycles. The smallest absolute Gasteiger partial charge is 0.444 e. The van der Waals surface area contributed by atoms with E-state index in [4.69, 9.17) is 31.8 Å². The van der Waals surface area contributed by atoms with Gasteiger partial charge in [0, 0.05) is 62.6 Å². The third kappa shape index (κ3) is 8.01. The van der Waals surface area contributed by atoms with Crippen molar-refractivity contribution in [1.29, 1.82) is 0 Å². The topological polar surface area (TPSA) is 117 Å². The molecule has 1 saturated carbocycles. The molecule has 0 bridgehead atoms. The van der Waals surface area contributed by atoms with E-state index in [0.29, 0.717) is 50.2 Å². The lowest BCUT2D eigenvalue weighted by atomic mass is 10.0. The van der Waals surface area contributed by atoms with Crippen molar-refractivity contribution in [3.63, 3.8) is 0 Å². The van der Waals surface area contributed by atoms with E-state index in [1.54, 1.807) is 36.3 Å². The molecule has 44 heavy (non-hydrogen) atoms. The summed E-state index contributed by atoms with van der Waals surface area (Å²) in [4.78, 5) is 53.9. The number of benzene rings is 1. The third-order valence-corrected chi connectivity index (χ3v) is 7.15. The van der Waals surface area contributed by atoms with Crippen molar-refractivity contribution in [3.8, 4) is 24.7 Å². The molecule has 2 aliphatic rings. The fraction of sp³-hybridized carbons (Fsp3) is 0.500. The minimum atomic E-state index is -1.09. The van der Waals surface area contributed by atoms with Crippen LogP contribution < -0.4 is 10.3 Å². The summed E-state index contributed by atoms with van der Waals surface area (Å²) >= 11 is 0. The number of hydrogen-bond donors (Lipinski definition) is 0. The number of terminal acetylenes is 2. The molecule has 0 N–H and O–H groups in total. The Labute approximate surface area is 255 Å². The van der Waals surface area contributed by atoms with E-state index in [9.17, 15) is 19.2 Å². The number of piperazine rings is 1. The number of esters is 1. The molecular formula is C32H36FN3O8. The number of hydrogen-bond acceptors (Lipinski definition) is 9. The maximum atomic E-state index is 15.5. The number of aromatic nitrogens is 1. The Bertz CT molecular complexity index is 1540. The lowest BCUT2D eigenvalue weighted by Crippen LogP contribution is -2.50. The molecule has 2 heterocycles. The van der Waals surface area contributed by atoms with Crippen LogP contribution in [-0.4, -0.2) is 72.9 Å². The van der Waals surface area contributed by atoms with E-state index >= 15 is 4.39 Å². The second-order valence-electron chi connectivity index (χ2n) is 11.7. The molecular weight excluding hydrogens is 573 g/mol. The zero-order chi connectivity index (χ0) is 32.0. The Morgan fingerprint density at radius 2 is 1.68 bits per heavy atom. The SMILES string of the molecule is C#CCC(CC#C)COC(=O)OCOC(=O)c1cn(C2CC2)c2cc(N3CCN(C(=O)OC(C)(C)C)CC3)c(F)cc2c1=O. The molecule has 0 radical (unpaired) electrons. The van der Waals surface area contributed by atoms with E-state index in [-0.39, 0.29) is 29.5 Å². The van der Waals surface area contributed by atoms with Crippen molar-refractivity contribution in [3.05, 3.63) is 39.9 Å². The van der Waals surface area contributed by atoms with E-state index < -0.39 is 41.9 Å². The van der Waals surface area contributed by atoms with Crippen LogP contribution >= 0.6 is 0 Å². The van der Waals surface area contributed by atoms with Gasteiger partial charge in [0.05, 0.1) is 17.8 Å². The molecule has 2 fully saturated rings. The number of pyridine rings is 1. The summed E-state index contributed by atoms with van der Waals surface area (Å²) in [5.41, 5.74) is -0.874. The summed E-state index contributed by atoms with van der Waals surface area (Å²) in [6.45, 7) is 5.96. The number of amides is 1. The summed E-state index contributed by atoms with van der Waals surface area (Å²) in [6.07, 6.45) is 12.7. The summed E-state index contributed by atoms with van der Waals surface area (Å²) in [7, 11) is 0. The van der Waals surface area contributed by atoms with Gasteiger partial charge >= 0.3 is 18.2 Å². The average Bonchev–Trinajstić information content (AvgIpc) is 3.81. The van der Waals surface area contributed by atoms with Gasteiger partial charge in [-0.05, 0) is 45.7 Å². The quantitative estimate of drug-likeness (QED) is 0.176. The fourth-order valence-corrected chi connectivity index (χ4v) is 4.82. The van der Waals surface area contributed by atoms with Crippen LogP contribution in [0.5, 0.6) is 0 Å². The van der Waals surface area contributed by atoms with Gasteiger partial charge in [-0.3, -0.25) is 4.79 Å². The van der Waals surface area contributed by atoms with E-state index in [2.05, 4.69) is 11.8 Å². The number of fused-ring (bicyclic) bond motifs is 1. The van der Waals surface area contributed by atoms with Crippen molar-refractivity contribution < 1.29 is 37.7 Å². The molecule has 12 heteroatoms. The van der Waals surface area contributed by atoms with Crippen molar-refractivity contribution in [2.75, 3.05) is 44.5 Å². The lowest BCUT2D eigenvalue weighted by Gasteiger charge is -2.37. The molecule has 1 saturated heterocycles. The molecule has 1 aliphatic carbocycles. The number of halogens is 1. The van der Waals surface area contributed by atoms with E-state index in [1.165, 1.54) is 6.20 Å².